The highest BCUT2D eigenvalue weighted by molar-refractivity contribution is 5.97. The third-order valence-electron chi connectivity index (χ3n) is 3.12. The van der Waals surface area contributed by atoms with E-state index in [0.29, 0.717) is 12.4 Å². The molecule has 0 saturated heterocycles. The van der Waals surface area contributed by atoms with Crippen molar-refractivity contribution in [1.82, 2.24) is 4.98 Å². The van der Waals surface area contributed by atoms with Gasteiger partial charge in [0.2, 0.25) is 0 Å². The minimum absolute atomic E-state index is 0.00741. The molecule has 0 radical (unpaired) electrons. The highest BCUT2D eigenvalue weighted by Crippen LogP contribution is 2.24. The summed E-state index contributed by atoms with van der Waals surface area (Å²) in [5.41, 5.74) is -0.296. The highest BCUT2D eigenvalue weighted by Gasteiger charge is 2.18. The Balaban J connectivity index is 2.42. The van der Waals surface area contributed by atoms with Crippen molar-refractivity contribution in [2.24, 2.45) is 5.41 Å². The molecule has 1 heterocycles. The van der Waals surface area contributed by atoms with Gasteiger partial charge in [-0.2, -0.15) is 0 Å². The van der Waals surface area contributed by atoms with Gasteiger partial charge in [-0.15, -0.1) is 0 Å². The zero-order valence-electron chi connectivity index (χ0n) is 11.6. The molecule has 0 amide bonds. The second-order valence-corrected chi connectivity index (χ2v) is 5.56. The lowest BCUT2D eigenvalue weighted by molar-refractivity contribution is 0.0691. The number of aromatic carboxylic acids is 1. The lowest BCUT2D eigenvalue weighted by Crippen LogP contribution is -2.27. The first-order valence-corrected chi connectivity index (χ1v) is 6.41. The van der Waals surface area contributed by atoms with Gasteiger partial charge in [0.15, 0.2) is 5.69 Å². The fraction of sp³-hybridized carbons (Fsp3) is 0.333. The molecule has 0 atom stereocenters. The zero-order valence-corrected chi connectivity index (χ0v) is 11.6. The van der Waals surface area contributed by atoms with E-state index in [1.165, 1.54) is 0 Å². The largest absolute Gasteiger partial charge is 0.477 e. The lowest BCUT2D eigenvalue weighted by Gasteiger charge is -2.22. The van der Waals surface area contributed by atoms with E-state index in [9.17, 15) is 9.90 Å². The Morgan fingerprint density at radius 3 is 2.70 bits per heavy atom. The number of anilines is 1. The Bertz CT molecular complexity index is 638. The Labute approximate surface area is 117 Å². The molecule has 0 unspecified atom stereocenters. The van der Waals surface area contributed by atoms with Crippen LogP contribution in [0, 0.1) is 5.41 Å². The number of pyridine rings is 1. The average Bonchev–Trinajstić information content (AvgIpc) is 2.44. The topological polar surface area (TPSA) is 82.5 Å². The summed E-state index contributed by atoms with van der Waals surface area (Å²) in [6, 6.07) is 9.04. The van der Waals surface area contributed by atoms with Crippen LogP contribution in [0.5, 0.6) is 0 Å². The van der Waals surface area contributed by atoms with Crippen molar-refractivity contribution in [3.8, 4) is 0 Å². The molecule has 0 aliphatic heterocycles. The van der Waals surface area contributed by atoms with E-state index in [2.05, 4.69) is 10.3 Å². The number of nitrogens with one attached hydrogen (secondary N) is 1. The first-order valence-electron chi connectivity index (χ1n) is 6.41. The van der Waals surface area contributed by atoms with Crippen LogP contribution in [-0.4, -0.2) is 34.3 Å². The van der Waals surface area contributed by atoms with Gasteiger partial charge in [0.25, 0.3) is 0 Å². The number of aliphatic hydroxyl groups excluding tert-OH is 1. The van der Waals surface area contributed by atoms with Crippen LogP contribution in [0.25, 0.3) is 10.8 Å². The van der Waals surface area contributed by atoms with Crippen LogP contribution in [0.4, 0.5) is 5.82 Å². The van der Waals surface area contributed by atoms with E-state index in [-0.39, 0.29) is 17.7 Å². The number of carbonyl (C=O) groups is 1. The van der Waals surface area contributed by atoms with E-state index in [1.807, 2.05) is 38.1 Å². The van der Waals surface area contributed by atoms with Crippen LogP contribution >= 0.6 is 0 Å². The van der Waals surface area contributed by atoms with Gasteiger partial charge >= 0.3 is 5.97 Å². The second kappa shape index (κ2) is 5.46. The number of carboxylic acids is 1. The summed E-state index contributed by atoms with van der Waals surface area (Å²) in [6.07, 6.45) is 0. The fourth-order valence-corrected chi connectivity index (χ4v) is 1.82. The number of fused-ring (bicyclic) bond motifs is 1. The molecule has 1 aromatic carbocycles. The maximum absolute atomic E-state index is 11.1. The monoisotopic (exact) mass is 274 g/mol. The van der Waals surface area contributed by atoms with Crippen LogP contribution in [0.3, 0.4) is 0 Å². The van der Waals surface area contributed by atoms with Crippen molar-refractivity contribution in [2.45, 2.75) is 13.8 Å². The van der Waals surface area contributed by atoms with Crippen molar-refractivity contribution in [3.63, 3.8) is 0 Å². The number of carboxylic acid groups (broad SMARTS) is 1. The molecule has 0 aliphatic carbocycles. The zero-order chi connectivity index (χ0) is 14.8. The van der Waals surface area contributed by atoms with Gasteiger partial charge in [-0.1, -0.05) is 38.1 Å². The SMILES string of the molecule is CC(C)(CO)CNc1nc(C(=O)O)cc2ccccc12. The summed E-state index contributed by atoms with van der Waals surface area (Å²) in [7, 11) is 0. The van der Waals surface area contributed by atoms with Crippen LogP contribution < -0.4 is 5.32 Å². The number of rotatable bonds is 5. The maximum atomic E-state index is 11.1. The van der Waals surface area contributed by atoms with Crippen LogP contribution in [0.15, 0.2) is 30.3 Å². The minimum Gasteiger partial charge on any atom is -0.477 e. The maximum Gasteiger partial charge on any atom is 0.354 e. The summed E-state index contributed by atoms with van der Waals surface area (Å²) in [6.45, 7) is 4.38. The Kier molecular flexibility index (Phi) is 3.90. The number of hydrogen-bond acceptors (Lipinski definition) is 4. The number of hydrogen-bond donors (Lipinski definition) is 3. The molecule has 0 bridgehead atoms. The second-order valence-electron chi connectivity index (χ2n) is 5.56. The quantitative estimate of drug-likeness (QED) is 0.779. The molecule has 106 valence electrons. The molecule has 0 fully saturated rings. The molecule has 2 aromatic rings. The molecule has 5 nitrogen and oxygen atoms in total. The van der Waals surface area contributed by atoms with Gasteiger partial charge in [-0.25, -0.2) is 9.78 Å². The third-order valence-corrected chi connectivity index (χ3v) is 3.12. The summed E-state index contributed by atoms with van der Waals surface area (Å²) >= 11 is 0. The molecule has 0 saturated carbocycles. The van der Waals surface area contributed by atoms with Gasteiger partial charge in [0.05, 0.1) is 0 Å². The molecule has 0 aliphatic rings. The molecular formula is C15H18N2O3. The van der Waals surface area contributed by atoms with Gasteiger partial charge in [-0.05, 0) is 11.5 Å². The van der Waals surface area contributed by atoms with E-state index in [1.54, 1.807) is 6.07 Å². The van der Waals surface area contributed by atoms with Gasteiger partial charge in [0, 0.05) is 24.0 Å². The third kappa shape index (κ3) is 3.05. The Morgan fingerprint density at radius 1 is 1.35 bits per heavy atom. The minimum atomic E-state index is -1.06. The average molecular weight is 274 g/mol. The van der Waals surface area contributed by atoms with Crippen molar-refractivity contribution in [1.29, 1.82) is 0 Å². The molecular weight excluding hydrogens is 256 g/mol. The first kappa shape index (κ1) is 14.3. The standard InChI is InChI=1S/C15H18N2O3/c1-15(2,9-18)8-16-13-11-6-4-3-5-10(11)7-12(17-13)14(19)20/h3-7,18H,8-9H2,1-2H3,(H,16,17)(H,19,20). The summed E-state index contributed by atoms with van der Waals surface area (Å²) < 4.78 is 0. The molecule has 2 rings (SSSR count). The summed E-state index contributed by atoms with van der Waals surface area (Å²) in [5.74, 6) is -0.526. The normalized spacial score (nSPS) is 11.6. The van der Waals surface area contributed by atoms with E-state index >= 15 is 0 Å². The number of aromatic nitrogens is 1. The lowest BCUT2D eigenvalue weighted by atomic mass is 9.95. The van der Waals surface area contributed by atoms with Gasteiger partial charge < -0.3 is 15.5 Å². The molecule has 5 heteroatoms. The molecule has 1 aromatic heterocycles. The van der Waals surface area contributed by atoms with Crippen molar-refractivity contribution in [2.75, 3.05) is 18.5 Å². The van der Waals surface area contributed by atoms with E-state index < -0.39 is 5.97 Å². The van der Waals surface area contributed by atoms with Gasteiger partial charge in [0.1, 0.15) is 5.82 Å². The van der Waals surface area contributed by atoms with Gasteiger partial charge in [-0.3, -0.25) is 0 Å². The van der Waals surface area contributed by atoms with Crippen molar-refractivity contribution in [3.05, 3.63) is 36.0 Å². The predicted molar refractivity (Wildman–Crippen MR) is 78.1 cm³/mol. The van der Waals surface area contributed by atoms with E-state index in [4.69, 9.17) is 5.11 Å². The van der Waals surface area contributed by atoms with Crippen LogP contribution in [0.1, 0.15) is 24.3 Å². The molecule has 20 heavy (non-hydrogen) atoms. The molecule has 3 N–H and O–H groups in total. The van der Waals surface area contributed by atoms with Crippen molar-refractivity contribution >= 4 is 22.6 Å². The Morgan fingerprint density at radius 2 is 2.05 bits per heavy atom. The van der Waals surface area contributed by atoms with Crippen LogP contribution in [0.2, 0.25) is 0 Å². The number of aliphatic hydroxyl groups is 1. The smallest absolute Gasteiger partial charge is 0.354 e. The summed E-state index contributed by atoms with van der Waals surface area (Å²) in [5, 5.41) is 23.2. The number of benzene rings is 1. The first-order chi connectivity index (χ1) is 9.43. The summed E-state index contributed by atoms with van der Waals surface area (Å²) in [4.78, 5) is 15.3. The predicted octanol–water partition coefficient (Wildman–Crippen LogP) is 2.36. The number of nitrogens with zero attached hydrogens (tertiary/aromatic N) is 1. The molecule has 0 spiro atoms. The highest BCUT2D eigenvalue weighted by atomic mass is 16.4. The Hall–Kier alpha value is -2.14. The van der Waals surface area contributed by atoms with Crippen LogP contribution in [-0.2, 0) is 0 Å². The van der Waals surface area contributed by atoms with Crippen molar-refractivity contribution < 1.29 is 15.0 Å². The van der Waals surface area contributed by atoms with E-state index in [0.717, 1.165) is 10.8 Å². The fourth-order valence-electron chi connectivity index (χ4n) is 1.82.